The van der Waals surface area contributed by atoms with Crippen molar-refractivity contribution >= 4 is 28.9 Å². The first-order valence-electron chi connectivity index (χ1n) is 7.22. The zero-order chi connectivity index (χ0) is 17.0. The molecule has 0 aliphatic carbocycles. The van der Waals surface area contributed by atoms with Gasteiger partial charge in [-0.3, -0.25) is 0 Å². The van der Waals surface area contributed by atoms with E-state index in [0.29, 0.717) is 34.5 Å². The number of rotatable bonds is 7. The summed E-state index contributed by atoms with van der Waals surface area (Å²) in [7, 11) is 3.94. The summed E-state index contributed by atoms with van der Waals surface area (Å²) in [6, 6.07) is 5.31. The number of carboxylic acids is 1. The van der Waals surface area contributed by atoms with Gasteiger partial charge in [0.25, 0.3) is 0 Å². The molecule has 124 valence electrons. The van der Waals surface area contributed by atoms with Gasteiger partial charge in [-0.1, -0.05) is 18.5 Å². The maximum absolute atomic E-state index is 11.3. The smallest absolute Gasteiger partial charge is 0.347 e. The molecule has 23 heavy (non-hydrogen) atoms. The van der Waals surface area contributed by atoms with Crippen molar-refractivity contribution in [2.45, 2.75) is 13.3 Å². The van der Waals surface area contributed by atoms with Crippen molar-refractivity contribution in [3.05, 3.63) is 33.8 Å². The number of ether oxygens (including phenoxy) is 1. The molecule has 0 radical (unpaired) electrons. The molecule has 0 saturated carbocycles. The van der Waals surface area contributed by atoms with Crippen LogP contribution in [0, 0.1) is 0 Å². The predicted molar refractivity (Wildman–Crippen MR) is 92.9 cm³/mol. The van der Waals surface area contributed by atoms with E-state index in [2.05, 4.69) is 4.98 Å². The molecule has 0 amide bonds. The minimum absolute atomic E-state index is 0.265. The molecule has 1 aromatic heterocycles. The molecular formula is C16H19ClN2O3S. The summed E-state index contributed by atoms with van der Waals surface area (Å²) < 4.78 is 5.82. The summed E-state index contributed by atoms with van der Waals surface area (Å²) in [5, 5.41) is 10.5. The van der Waals surface area contributed by atoms with Crippen LogP contribution in [0.15, 0.2) is 18.2 Å². The Kier molecular flexibility index (Phi) is 5.98. The molecule has 0 fully saturated rings. The fraction of sp³-hybridized carbons (Fsp3) is 0.375. The summed E-state index contributed by atoms with van der Waals surface area (Å²) >= 11 is 7.24. The number of hydrogen-bond donors (Lipinski definition) is 1. The quantitative estimate of drug-likeness (QED) is 0.822. The van der Waals surface area contributed by atoms with Crippen molar-refractivity contribution < 1.29 is 14.6 Å². The van der Waals surface area contributed by atoms with Gasteiger partial charge in [-0.2, -0.15) is 0 Å². The number of aromatic nitrogens is 1. The lowest BCUT2D eigenvalue weighted by molar-refractivity contribution is 0.0701. The number of carboxylic acid groups (broad SMARTS) is 1. The van der Waals surface area contributed by atoms with Gasteiger partial charge in [-0.15, -0.1) is 11.3 Å². The molecule has 0 unspecified atom stereocenters. The second kappa shape index (κ2) is 7.77. The molecule has 1 heterocycles. The molecule has 1 aromatic carbocycles. The molecule has 0 saturated heterocycles. The molecule has 2 aromatic rings. The van der Waals surface area contributed by atoms with E-state index < -0.39 is 5.97 Å². The van der Waals surface area contributed by atoms with Crippen molar-refractivity contribution in [3.8, 4) is 16.3 Å². The first-order chi connectivity index (χ1) is 10.9. The van der Waals surface area contributed by atoms with Crippen LogP contribution in [0.2, 0.25) is 5.02 Å². The van der Waals surface area contributed by atoms with Crippen LogP contribution in [0.3, 0.4) is 0 Å². The number of aryl methyl sites for hydroxylation is 1. The van der Waals surface area contributed by atoms with Crippen LogP contribution in [-0.2, 0) is 6.42 Å². The Labute approximate surface area is 144 Å². The van der Waals surface area contributed by atoms with E-state index >= 15 is 0 Å². The highest BCUT2D eigenvalue weighted by Gasteiger charge is 2.19. The first kappa shape index (κ1) is 17.7. The highest BCUT2D eigenvalue weighted by atomic mass is 35.5. The second-order valence-electron chi connectivity index (χ2n) is 5.25. The maximum atomic E-state index is 11.3. The highest BCUT2D eigenvalue weighted by molar-refractivity contribution is 7.17. The van der Waals surface area contributed by atoms with Gasteiger partial charge in [0, 0.05) is 11.6 Å². The molecule has 0 aliphatic heterocycles. The minimum atomic E-state index is -0.956. The SMILES string of the molecule is CCc1nc(-c2cc(Cl)ccc2OCCN(C)C)sc1C(=O)O. The van der Waals surface area contributed by atoms with Crippen LogP contribution >= 0.6 is 22.9 Å². The van der Waals surface area contributed by atoms with Gasteiger partial charge in [0.1, 0.15) is 22.2 Å². The van der Waals surface area contributed by atoms with Crippen molar-refractivity contribution in [2.24, 2.45) is 0 Å². The minimum Gasteiger partial charge on any atom is -0.492 e. The molecule has 7 heteroatoms. The van der Waals surface area contributed by atoms with E-state index in [9.17, 15) is 9.90 Å². The van der Waals surface area contributed by atoms with Crippen LogP contribution in [-0.4, -0.2) is 48.2 Å². The Hall–Kier alpha value is -1.63. The molecule has 2 rings (SSSR count). The third-order valence-corrected chi connectivity index (χ3v) is 4.55. The molecule has 5 nitrogen and oxygen atoms in total. The van der Waals surface area contributed by atoms with Gasteiger partial charge in [-0.05, 0) is 38.7 Å². The fourth-order valence-corrected chi connectivity index (χ4v) is 3.19. The summed E-state index contributed by atoms with van der Waals surface area (Å²) in [5.74, 6) is -0.299. The summed E-state index contributed by atoms with van der Waals surface area (Å²) in [4.78, 5) is 18.1. The van der Waals surface area contributed by atoms with Crippen molar-refractivity contribution in [3.63, 3.8) is 0 Å². The topological polar surface area (TPSA) is 62.7 Å². The van der Waals surface area contributed by atoms with Crippen LogP contribution in [0.5, 0.6) is 5.75 Å². The number of likely N-dealkylation sites (N-methyl/N-ethyl adjacent to an activating group) is 1. The van der Waals surface area contributed by atoms with Crippen molar-refractivity contribution in [1.29, 1.82) is 0 Å². The lowest BCUT2D eigenvalue weighted by atomic mass is 10.2. The predicted octanol–water partition coefficient (Wildman–Crippen LogP) is 3.66. The van der Waals surface area contributed by atoms with Gasteiger partial charge >= 0.3 is 5.97 Å². The lowest BCUT2D eigenvalue weighted by Gasteiger charge is -2.13. The number of thiazole rings is 1. The Morgan fingerprint density at radius 3 is 2.74 bits per heavy atom. The Balaban J connectivity index is 2.37. The molecule has 0 aliphatic rings. The van der Waals surface area contributed by atoms with Gasteiger partial charge in [0.15, 0.2) is 0 Å². The summed E-state index contributed by atoms with van der Waals surface area (Å²) in [6.07, 6.45) is 0.565. The average molecular weight is 355 g/mol. The van der Waals surface area contributed by atoms with Gasteiger partial charge < -0.3 is 14.7 Å². The Morgan fingerprint density at radius 1 is 1.43 bits per heavy atom. The Morgan fingerprint density at radius 2 is 2.17 bits per heavy atom. The summed E-state index contributed by atoms with van der Waals surface area (Å²) in [6.45, 7) is 3.19. The number of benzene rings is 1. The highest BCUT2D eigenvalue weighted by Crippen LogP contribution is 2.36. The maximum Gasteiger partial charge on any atom is 0.347 e. The van der Waals surface area contributed by atoms with Gasteiger partial charge in [0.2, 0.25) is 0 Å². The van der Waals surface area contributed by atoms with Crippen molar-refractivity contribution in [2.75, 3.05) is 27.2 Å². The zero-order valence-corrected chi connectivity index (χ0v) is 14.9. The second-order valence-corrected chi connectivity index (χ2v) is 6.68. The van der Waals surface area contributed by atoms with E-state index in [4.69, 9.17) is 16.3 Å². The van der Waals surface area contributed by atoms with Gasteiger partial charge in [0.05, 0.1) is 11.3 Å². The average Bonchev–Trinajstić information content (AvgIpc) is 2.92. The number of carbonyl (C=O) groups is 1. The number of halogens is 1. The van der Waals surface area contributed by atoms with E-state index in [1.807, 2.05) is 25.9 Å². The van der Waals surface area contributed by atoms with Crippen LogP contribution < -0.4 is 4.74 Å². The Bertz CT molecular complexity index is 701. The van der Waals surface area contributed by atoms with E-state index in [1.165, 1.54) is 0 Å². The largest absolute Gasteiger partial charge is 0.492 e. The van der Waals surface area contributed by atoms with Crippen LogP contribution in [0.25, 0.3) is 10.6 Å². The lowest BCUT2D eigenvalue weighted by Crippen LogP contribution is -2.19. The first-order valence-corrected chi connectivity index (χ1v) is 8.42. The normalized spacial score (nSPS) is 11.0. The molecule has 1 N–H and O–H groups in total. The van der Waals surface area contributed by atoms with E-state index in [-0.39, 0.29) is 4.88 Å². The molecule has 0 atom stereocenters. The number of nitrogens with zero attached hydrogens (tertiary/aromatic N) is 2. The van der Waals surface area contributed by atoms with Crippen molar-refractivity contribution in [1.82, 2.24) is 9.88 Å². The third kappa shape index (κ3) is 4.43. The number of aromatic carboxylic acids is 1. The molecular weight excluding hydrogens is 336 g/mol. The van der Waals surface area contributed by atoms with Crippen LogP contribution in [0.4, 0.5) is 0 Å². The van der Waals surface area contributed by atoms with E-state index in [1.54, 1.807) is 18.2 Å². The number of hydrogen-bond acceptors (Lipinski definition) is 5. The van der Waals surface area contributed by atoms with Crippen LogP contribution in [0.1, 0.15) is 22.3 Å². The standard InChI is InChI=1S/C16H19ClN2O3S/c1-4-12-14(16(20)21)23-15(18-12)11-9-10(17)5-6-13(11)22-8-7-19(2)3/h5-6,9H,4,7-8H2,1-3H3,(H,20,21). The van der Waals surface area contributed by atoms with E-state index in [0.717, 1.165) is 23.4 Å². The van der Waals surface area contributed by atoms with Gasteiger partial charge in [-0.25, -0.2) is 9.78 Å². The molecule has 0 bridgehead atoms. The fourth-order valence-electron chi connectivity index (χ4n) is 2.01. The molecule has 0 spiro atoms. The third-order valence-electron chi connectivity index (χ3n) is 3.19. The monoisotopic (exact) mass is 354 g/mol. The summed E-state index contributed by atoms with van der Waals surface area (Å²) in [5.41, 5.74) is 1.31. The zero-order valence-electron chi connectivity index (χ0n) is 13.3.